The zero-order valence-corrected chi connectivity index (χ0v) is 16.9. The molecule has 5 rings (SSSR count). The van der Waals surface area contributed by atoms with E-state index in [2.05, 4.69) is 44.5 Å². The van der Waals surface area contributed by atoms with Crippen molar-refractivity contribution in [3.05, 3.63) is 83.1 Å². The quantitative estimate of drug-likeness (QED) is 0.341. The Balaban J connectivity index is 1.32. The normalized spacial score (nSPS) is 12.9. The number of hydrogen-bond donors (Lipinski definition) is 0. The lowest BCUT2D eigenvalue weighted by Gasteiger charge is -2.08. The Morgan fingerprint density at radius 1 is 0.929 bits per heavy atom. The number of fused-ring (bicyclic) bond motifs is 1. The first-order chi connectivity index (χ1) is 13.8. The molecular weight excluding hydrogens is 384 g/mol. The van der Waals surface area contributed by atoms with Crippen LogP contribution in [0.4, 0.5) is 5.13 Å². The first kappa shape index (κ1) is 17.3. The molecule has 4 aromatic rings. The first-order valence-electron chi connectivity index (χ1n) is 9.28. The number of Topliss-reactive ketones (excluding diaryl/α,β-unsaturated/α-hetero) is 1. The van der Waals surface area contributed by atoms with Crippen LogP contribution in [-0.4, -0.2) is 18.9 Å². The molecule has 2 aromatic carbocycles. The Labute approximate surface area is 172 Å². The van der Waals surface area contributed by atoms with Crippen LogP contribution >= 0.6 is 22.7 Å². The Hall–Kier alpha value is -2.76. The maximum absolute atomic E-state index is 12.8. The number of thiazole rings is 1. The third-order valence-corrected chi connectivity index (χ3v) is 7.01. The lowest BCUT2D eigenvalue weighted by Crippen LogP contribution is -2.31. The summed E-state index contributed by atoms with van der Waals surface area (Å²) in [5.74, 6) is 0.166. The fraction of sp³-hybridized carbons (Fsp3) is 0.130. The number of nitrogens with zero attached hydrogens (tertiary/aromatic N) is 2. The Morgan fingerprint density at radius 2 is 1.71 bits per heavy atom. The maximum atomic E-state index is 12.8. The highest BCUT2D eigenvalue weighted by atomic mass is 32.1. The van der Waals surface area contributed by atoms with Crippen LogP contribution in [0.3, 0.4) is 0 Å². The summed E-state index contributed by atoms with van der Waals surface area (Å²) in [6.45, 7) is 2.25. The molecule has 0 spiro atoms. The predicted molar refractivity (Wildman–Crippen MR) is 116 cm³/mol. The van der Waals surface area contributed by atoms with E-state index in [0.717, 1.165) is 24.2 Å². The summed E-state index contributed by atoms with van der Waals surface area (Å²) in [4.78, 5) is 16.3. The second-order valence-corrected chi connectivity index (χ2v) is 8.60. The van der Waals surface area contributed by atoms with Gasteiger partial charge in [-0.3, -0.25) is 4.79 Å². The van der Waals surface area contributed by atoms with Crippen molar-refractivity contribution in [2.75, 3.05) is 18.0 Å². The molecular formula is C23H19N2OS2+. The minimum Gasteiger partial charge on any atom is -0.290 e. The zero-order valence-electron chi connectivity index (χ0n) is 15.2. The van der Waals surface area contributed by atoms with Crippen molar-refractivity contribution in [3.8, 4) is 21.7 Å². The van der Waals surface area contributed by atoms with E-state index < -0.39 is 0 Å². The predicted octanol–water partition coefficient (Wildman–Crippen LogP) is 5.13. The van der Waals surface area contributed by atoms with Crippen molar-refractivity contribution in [1.29, 1.82) is 0 Å². The van der Waals surface area contributed by atoms with Gasteiger partial charge in [0.15, 0.2) is 5.69 Å². The molecule has 0 unspecified atom stereocenters. The van der Waals surface area contributed by atoms with E-state index in [-0.39, 0.29) is 5.78 Å². The van der Waals surface area contributed by atoms with Gasteiger partial charge in [-0.25, -0.2) is 9.47 Å². The number of ketones is 1. The molecule has 5 heteroatoms. The molecule has 0 saturated heterocycles. The van der Waals surface area contributed by atoms with Crippen LogP contribution in [0.5, 0.6) is 0 Å². The first-order valence-corrected chi connectivity index (χ1v) is 11.0. The second kappa shape index (κ2) is 7.34. The van der Waals surface area contributed by atoms with Crippen LogP contribution in [0.2, 0.25) is 0 Å². The van der Waals surface area contributed by atoms with Crippen molar-refractivity contribution < 1.29 is 9.36 Å². The minimum absolute atomic E-state index is 0.166. The van der Waals surface area contributed by atoms with Gasteiger partial charge in [0.25, 0.3) is 0 Å². The van der Waals surface area contributed by atoms with Gasteiger partial charge in [-0.05, 0) is 22.6 Å². The molecule has 138 valence electrons. The number of aromatic nitrogens is 1. The average Bonchev–Trinajstić information content (AvgIpc) is 3.48. The standard InChI is InChI=1S/C23H19N2OS2/c26-21(19-10-8-18(9-11-19)17-5-2-1-3-6-17)15-24-12-13-25-20(16-28-23(24)25)22-7-4-14-27-22/h1-11,14,16H,12-13,15H2/q+1. The van der Waals surface area contributed by atoms with E-state index >= 15 is 0 Å². The third-order valence-electron chi connectivity index (χ3n) is 5.08. The zero-order chi connectivity index (χ0) is 18.9. The molecule has 1 aliphatic heterocycles. The molecule has 0 radical (unpaired) electrons. The minimum atomic E-state index is 0.166. The average molecular weight is 404 g/mol. The van der Waals surface area contributed by atoms with Gasteiger partial charge in [-0.15, -0.1) is 11.3 Å². The van der Waals surface area contributed by atoms with Crippen molar-refractivity contribution in [2.24, 2.45) is 0 Å². The summed E-state index contributed by atoms with van der Waals surface area (Å²) in [5, 5.41) is 5.49. The molecule has 3 nitrogen and oxygen atoms in total. The second-order valence-electron chi connectivity index (χ2n) is 6.82. The summed E-state index contributed by atoms with van der Waals surface area (Å²) >= 11 is 3.48. The van der Waals surface area contributed by atoms with Crippen LogP contribution < -0.4 is 9.47 Å². The molecule has 0 saturated carbocycles. The Bertz CT molecular complexity index is 1100. The van der Waals surface area contributed by atoms with Crippen molar-refractivity contribution >= 4 is 33.6 Å². The molecule has 0 atom stereocenters. The van der Waals surface area contributed by atoms with Crippen molar-refractivity contribution in [2.45, 2.75) is 6.54 Å². The molecule has 0 amide bonds. The van der Waals surface area contributed by atoms with Crippen LogP contribution in [0.1, 0.15) is 10.4 Å². The van der Waals surface area contributed by atoms with Crippen LogP contribution in [0.25, 0.3) is 21.7 Å². The Morgan fingerprint density at radius 3 is 2.46 bits per heavy atom. The van der Waals surface area contributed by atoms with E-state index in [1.54, 1.807) is 22.7 Å². The van der Waals surface area contributed by atoms with Crippen LogP contribution in [0.15, 0.2) is 77.5 Å². The summed E-state index contributed by atoms with van der Waals surface area (Å²) in [6, 6.07) is 22.4. The van der Waals surface area contributed by atoms with E-state index in [9.17, 15) is 4.79 Å². The largest absolute Gasteiger partial charge is 0.337 e. The number of benzene rings is 2. The van der Waals surface area contributed by atoms with E-state index in [1.807, 2.05) is 42.5 Å². The maximum Gasteiger partial charge on any atom is 0.337 e. The summed E-state index contributed by atoms with van der Waals surface area (Å²) < 4.78 is 2.34. The Kier molecular flexibility index (Phi) is 4.55. The summed E-state index contributed by atoms with van der Waals surface area (Å²) in [6.07, 6.45) is 0. The SMILES string of the molecule is O=C(CN1CC[n+]2c(-c3cccs3)csc21)c1ccc(-c2ccccc2)cc1. The number of carbonyl (C=O) groups excluding carboxylic acids is 1. The molecule has 0 bridgehead atoms. The lowest BCUT2D eigenvalue weighted by molar-refractivity contribution is -0.655. The van der Waals surface area contributed by atoms with Gasteiger partial charge in [-0.2, -0.15) is 0 Å². The lowest BCUT2D eigenvalue weighted by atomic mass is 10.0. The fourth-order valence-corrected chi connectivity index (χ4v) is 5.54. The highest BCUT2D eigenvalue weighted by Crippen LogP contribution is 2.31. The van der Waals surface area contributed by atoms with Gasteiger partial charge in [-0.1, -0.05) is 72.0 Å². The van der Waals surface area contributed by atoms with Gasteiger partial charge in [0.05, 0.1) is 4.88 Å². The van der Waals surface area contributed by atoms with E-state index in [0.29, 0.717) is 6.54 Å². The van der Waals surface area contributed by atoms with Crippen molar-refractivity contribution in [3.63, 3.8) is 0 Å². The third kappa shape index (κ3) is 3.17. The molecule has 0 N–H and O–H groups in total. The van der Waals surface area contributed by atoms with Crippen LogP contribution in [-0.2, 0) is 6.54 Å². The van der Waals surface area contributed by atoms with Gasteiger partial charge in [0.1, 0.15) is 19.6 Å². The van der Waals surface area contributed by atoms with Gasteiger partial charge >= 0.3 is 5.13 Å². The monoisotopic (exact) mass is 403 g/mol. The molecule has 1 aliphatic rings. The van der Waals surface area contributed by atoms with Gasteiger partial charge < -0.3 is 0 Å². The number of thiophene rings is 1. The molecule has 28 heavy (non-hydrogen) atoms. The number of hydrogen-bond acceptors (Lipinski definition) is 4. The highest BCUT2D eigenvalue weighted by Gasteiger charge is 2.34. The molecule has 0 fully saturated rings. The number of carbonyl (C=O) groups is 1. The topological polar surface area (TPSA) is 24.2 Å². The number of rotatable bonds is 5. The van der Waals surface area contributed by atoms with Crippen LogP contribution in [0, 0.1) is 0 Å². The van der Waals surface area contributed by atoms with E-state index in [4.69, 9.17) is 0 Å². The fourth-order valence-electron chi connectivity index (χ4n) is 3.62. The van der Waals surface area contributed by atoms with E-state index in [1.165, 1.54) is 21.3 Å². The summed E-state index contributed by atoms with van der Waals surface area (Å²) in [5.41, 5.74) is 4.34. The smallest absolute Gasteiger partial charge is 0.290 e. The molecule has 2 aromatic heterocycles. The van der Waals surface area contributed by atoms with Crippen molar-refractivity contribution in [1.82, 2.24) is 0 Å². The molecule has 0 aliphatic carbocycles. The van der Waals surface area contributed by atoms with Gasteiger partial charge in [0, 0.05) is 10.9 Å². The molecule has 3 heterocycles. The number of anilines is 1. The summed E-state index contributed by atoms with van der Waals surface area (Å²) in [7, 11) is 0. The highest BCUT2D eigenvalue weighted by molar-refractivity contribution is 7.15. The van der Waals surface area contributed by atoms with Gasteiger partial charge in [0.2, 0.25) is 5.78 Å².